The minimum atomic E-state index is -0.149. The number of aromatic nitrogens is 8. The molecule has 0 bridgehead atoms. The van der Waals surface area contributed by atoms with Gasteiger partial charge >= 0.3 is 0 Å². The number of aryl methyl sites for hydroxylation is 2. The van der Waals surface area contributed by atoms with E-state index < -0.39 is 0 Å². The van der Waals surface area contributed by atoms with Gasteiger partial charge in [0.25, 0.3) is 5.56 Å². The highest BCUT2D eigenvalue weighted by Crippen LogP contribution is 2.36. The Balaban J connectivity index is 1.73. The Hall–Kier alpha value is -3.86. The van der Waals surface area contributed by atoms with Crippen LogP contribution in [0, 0.1) is 6.92 Å². The van der Waals surface area contributed by atoms with Crippen LogP contribution in [-0.2, 0) is 13.6 Å². The lowest BCUT2D eigenvalue weighted by atomic mass is 10.2. The van der Waals surface area contributed by atoms with E-state index in [4.69, 9.17) is 14.8 Å². The van der Waals surface area contributed by atoms with Gasteiger partial charge in [0.2, 0.25) is 5.88 Å². The van der Waals surface area contributed by atoms with E-state index in [0.29, 0.717) is 33.4 Å². The van der Waals surface area contributed by atoms with E-state index in [2.05, 4.69) is 28.8 Å². The largest absolute Gasteiger partial charge is 0.481 e. The van der Waals surface area contributed by atoms with Gasteiger partial charge < -0.3 is 9.30 Å². The minimum Gasteiger partial charge on any atom is -0.481 e. The highest BCUT2D eigenvalue weighted by molar-refractivity contribution is 7.22. The summed E-state index contributed by atoms with van der Waals surface area (Å²) in [6.45, 7) is 6.31. The highest BCUT2D eigenvalue weighted by atomic mass is 32.1. The number of imidazole rings is 1. The zero-order valence-corrected chi connectivity index (χ0v) is 20.4. The molecular formula is C23H24N8O2S. The smallest absolute Gasteiger partial charge is 0.263 e. The van der Waals surface area contributed by atoms with Crippen molar-refractivity contribution in [2.24, 2.45) is 7.05 Å². The predicted octanol–water partition coefficient (Wildman–Crippen LogP) is 3.46. The summed E-state index contributed by atoms with van der Waals surface area (Å²) in [5.74, 6) is 1.50. The molecule has 5 aromatic heterocycles. The molecule has 10 nitrogen and oxygen atoms in total. The van der Waals surface area contributed by atoms with Crippen molar-refractivity contribution >= 4 is 21.6 Å². The molecule has 0 aliphatic heterocycles. The summed E-state index contributed by atoms with van der Waals surface area (Å²) in [6.07, 6.45) is 6.89. The zero-order chi connectivity index (χ0) is 24.0. The zero-order valence-electron chi connectivity index (χ0n) is 19.6. The summed E-state index contributed by atoms with van der Waals surface area (Å²) in [6, 6.07) is 3.94. The normalized spacial score (nSPS) is 11.6. The molecule has 5 heterocycles. The topological polar surface area (TPSA) is 106 Å². The van der Waals surface area contributed by atoms with E-state index in [-0.39, 0.29) is 18.1 Å². The molecule has 0 saturated carbocycles. The van der Waals surface area contributed by atoms with Crippen LogP contribution < -0.4 is 10.3 Å². The van der Waals surface area contributed by atoms with Crippen molar-refractivity contribution < 1.29 is 4.74 Å². The number of hydrogen-bond donors (Lipinski definition) is 0. The summed E-state index contributed by atoms with van der Waals surface area (Å²) in [4.78, 5) is 33.2. The molecule has 0 saturated heterocycles. The predicted molar refractivity (Wildman–Crippen MR) is 130 cm³/mol. The van der Waals surface area contributed by atoms with Crippen molar-refractivity contribution in [1.29, 1.82) is 0 Å². The van der Waals surface area contributed by atoms with Gasteiger partial charge in [-0.3, -0.25) is 14.0 Å². The first-order valence-corrected chi connectivity index (χ1v) is 11.6. The molecule has 5 aromatic rings. The van der Waals surface area contributed by atoms with Crippen LogP contribution in [0.25, 0.3) is 32.4 Å². The van der Waals surface area contributed by atoms with Crippen molar-refractivity contribution in [3.8, 4) is 28.1 Å². The molecule has 34 heavy (non-hydrogen) atoms. The third-order valence-corrected chi connectivity index (χ3v) is 6.88. The first-order valence-electron chi connectivity index (χ1n) is 10.8. The van der Waals surface area contributed by atoms with Crippen LogP contribution in [0.4, 0.5) is 0 Å². The molecular weight excluding hydrogens is 452 g/mol. The molecule has 0 fully saturated rings. The van der Waals surface area contributed by atoms with Crippen LogP contribution in [0.1, 0.15) is 31.1 Å². The van der Waals surface area contributed by atoms with Crippen molar-refractivity contribution in [3.05, 3.63) is 58.7 Å². The Morgan fingerprint density at radius 1 is 1.15 bits per heavy atom. The SMILES string of the molecule is COc1cc(Cn2c(-c3nccn3C)nc3sc(-c4ccn(C(C)C)n4)c(C)c3c2=O)ncn1. The van der Waals surface area contributed by atoms with Crippen molar-refractivity contribution in [2.45, 2.75) is 33.4 Å². The lowest BCUT2D eigenvalue weighted by Gasteiger charge is -2.12. The maximum Gasteiger partial charge on any atom is 0.263 e. The lowest BCUT2D eigenvalue weighted by Crippen LogP contribution is -2.25. The van der Waals surface area contributed by atoms with Gasteiger partial charge in [0.1, 0.15) is 16.9 Å². The quantitative estimate of drug-likeness (QED) is 0.369. The molecule has 0 radical (unpaired) electrons. The number of thiophene rings is 1. The summed E-state index contributed by atoms with van der Waals surface area (Å²) in [7, 11) is 3.42. The first-order chi connectivity index (χ1) is 16.4. The maximum atomic E-state index is 13.9. The summed E-state index contributed by atoms with van der Waals surface area (Å²) in [5.41, 5.74) is 2.18. The van der Waals surface area contributed by atoms with E-state index in [0.717, 1.165) is 16.1 Å². The third kappa shape index (κ3) is 3.67. The molecule has 11 heteroatoms. The maximum absolute atomic E-state index is 13.9. The Morgan fingerprint density at radius 2 is 1.97 bits per heavy atom. The van der Waals surface area contributed by atoms with E-state index >= 15 is 0 Å². The summed E-state index contributed by atoms with van der Waals surface area (Å²) >= 11 is 1.47. The van der Waals surface area contributed by atoms with E-state index in [1.54, 1.807) is 23.9 Å². The fourth-order valence-corrected chi connectivity index (χ4v) is 4.98. The number of hydrogen-bond acceptors (Lipinski definition) is 8. The second kappa shape index (κ2) is 8.49. The van der Waals surface area contributed by atoms with Crippen molar-refractivity contribution in [1.82, 2.24) is 38.9 Å². The Labute approximate surface area is 199 Å². The minimum absolute atomic E-state index is 0.149. The number of methoxy groups -OCH3 is 1. The molecule has 0 aromatic carbocycles. The first kappa shape index (κ1) is 22.0. The second-order valence-corrected chi connectivity index (χ2v) is 9.25. The lowest BCUT2D eigenvalue weighted by molar-refractivity contribution is 0.395. The number of rotatable bonds is 6. The molecule has 0 aliphatic carbocycles. The van der Waals surface area contributed by atoms with Gasteiger partial charge in [0.15, 0.2) is 11.6 Å². The second-order valence-electron chi connectivity index (χ2n) is 8.25. The van der Waals surface area contributed by atoms with Crippen LogP contribution in [0.2, 0.25) is 0 Å². The van der Waals surface area contributed by atoms with Gasteiger partial charge in [-0.2, -0.15) is 5.10 Å². The van der Waals surface area contributed by atoms with Crippen molar-refractivity contribution in [2.75, 3.05) is 7.11 Å². The standard InChI is InChI=1S/C23H24N8O2S/c1-13(2)31-8-6-16(28-31)19-14(3)18-22(34-19)27-21(20-24-7-9-29(20)4)30(23(18)32)11-15-10-17(33-5)26-12-25-15/h6-10,12-13H,11H2,1-5H3. The fourth-order valence-electron chi connectivity index (χ4n) is 3.84. The van der Waals surface area contributed by atoms with Crippen LogP contribution in [0.5, 0.6) is 5.88 Å². The van der Waals surface area contributed by atoms with Gasteiger partial charge in [-0.1, -0.05) is 0 Å². The summed E-state index contributed by atoms with van der Waals surface area (Å²) < 4.78 is 10.6. The molecule has 5 rings (SSSR count). The fraction of sp³-hybridized carbons (Fsp3) is 0.304. The van der Waals surface area contributed by atoms with Gasteiger partial charge in [-0.25, -0.2) is 19.9 Å². The average molecular weight is 477 g/mol. The van der Waals surface area contributed by atoms with E-state index in [1.165, 1.54) is 17.7 Å². The summed E-state index contributed by atoms with van der Waals surface area (Å²) in [5, 5.41) is 5.29. The van der Waals surface area contributed by atoms with E-state index in [1.807, 2.05) is 41.7 Å². The van der Waals surface area contributed by atoms with Gasteiger partial charge in [-0.15, -0.1) is 11.3 Å². The Bertz CT molecular complexity index is 1560. The number of nitrogens with zero attached hydrogens (tertiary/aromatic N) is 8. The van der Waals surface area contributed by atoms with Crippen molar-refractivity contribution in [3.63, 3.8) is 0 Å². The molecule has 0 amide bonds. The molecule has 0 unspecified atom stereocenters. The van der Waals surface area contributed by atoms with Gasteiger partial charge in [-0.05, 0) is 32.4 Å². The molecule has 174 valence electrons. The third-order valence-electron chi connectivity index (χ3n) is 5.67. The molecule has 0 atom stereocenters. The van der Waals surface area contributed by atoms with Crippen LogP contribution in [0.3, 0.4) is 0 Å². The Kier molecular flexibility index (Phi) is 5.48. The molecule has 0 N–H and O–H groups in total. The van der Waals surface area contributed by atoms with Crippen LogP contribution >= 0.6 is 11.3 Å². The average Bonchev–Trinajstić information content (AvgIpc) is 3.54. The van der Waals surface area contributed by atoms with E-state index in [9.17, 15) is 4.79 Å². The molecule has 0 spiro atoms. The Morgan fingerprint density at radius 3 is 2.65 bits per heavy atom. The van der Waals surface area contributed by atoms with Gasteiger partial charge in [0.05, 0.1) is 29.6 Å². The van der Waals surface area contributed by atoms with Crippen LogP contribution in [-0.4, -0.2) is 46.0 Å². The monoisotopic (exact) mass is 476 g/mol. The van der Waals surface area contributed by atoms with Gasteiger partial charge in [0, 0.05) is 37.7 Å². The van der Waals surface area contributed by atoms with Crippen LogP contribution in [0.15, 0.2) is 41.8 Å². The number of fused-ring (bicyclic) bond motifs is 1. The molecule has 0 aliphatic rings. The number of ether oxygens (including phenoxy) is 1. The highest BCUT2D eigenvalue weighted by Gasteiger charge is 2.23.